The Kier molecular flexibility index (Phi) is 21.4. The molecule has 4 aromatic rings. The zero-order valence-corrected chi connectivity index (χ0v) is 52.9. The third-order valence-electron chi connectivity index (χ3n) is 16.8. The number of carboxylic acids is 2. The quantitative estimate of drug-likeness (QED) is 0.0827. The Morgan fingerprint density at radius 3 is 1.56 bits per heavy atom. The van der Waals surface area contributed by atoms with Crippen LogP contribution in [0.15, 0.2) is 72.8 Å². The van der Waals surface area contributed by atoms with Gasteiger partial charge in [0.05, 0.1) is 34.7 Å². The van der Waals surface area contributed by atoms with E-state index < -0.39 is 106 Å². The summed E-state index contributed by atoms with van der Waals surface area (Å²) in [5.41, 5.74) is -0.555. The van der Waals surface area contributed by atoms with Crippen LogP contribution < -0.4 is 26.0 Å². The lowest BCUT2D eigenvalue weighted by atomic mass is 10.0. The number of carbonyl (C=O) groups excluding carboxylic acids is 6. The summed E-state index contributed by atoms with van der Waals surface area (Å²) in [6.07, 6.45) is 12.3. The maximum atomic E-state index is 14.1. The molecule has 4 fully saturated rings. The zero-order chi connectivity index (χ0) is 64.6. The Balaban J connectivity index is 0.000000198. The lowest BCUT2D eigenvalue weighted by Crippen LogP contribution is -2.56. The summed E-state index contributed by atoms with van der Waals surface area (Å²) >= 11 is 5.92. The first-order valence-electron chi connectivity index (χ1n) is 31.1. The Morgan fingerprint density at radius 2 is 1.09 bits per heavy atom. The molecular formula is C64H87ClN10O14. The number of fused-ring (bicyclic) bond motifs is 6. The van der Waals surface area contributed by atoms with Crippen molar-refractivity contribution in [2.45, 2.75) is 217 Å². The minimum atomic E-state index is -1.41. The molecule has 0 radical (unpaired) electrons. The first kappa shape index (κ1) is 67.2. The molecule has 0 bridgehead atoms. The van der Waals surface area contributed by atoms with Gasteiger partial charge in [-0.25, -0.2) is 24.2 Å². The number of allylic oxidation sites excluding steroid dienone is 2. The number of hydrogen-bond donors (Lipinski definition) is 7. The van der Waals surface area contributed by atoms with E-state index >= 15 is 0 Å². The van der Waals surface area contributed by atoms with Crippen LogP contribution in [0, 0.1) is 11.8 Å². The van der Waals surface area contributed by atoms with Crippen molar-refractivity contribution in [2.24, 2.45) is 11.8 Å². The monoisotopic (exact) mass is 1250 g/mol. The van der Waals surface area contributed by atoms with Gasteiger partial charge in [0, 0.05) is 44.3 Å². The van der Waals surface area contributed by atoms with E-state index in [9.17, 15) is 53.7 Å². The fraction of sp³-hybridized carbons (Fsp3) is 0.594. The van der Waals surface area contributed by atoms with Crippen molar-refractivity contribution in [1.82, 2.24) is 50.2 Å². The molecule has 24 nitrogen and oxygen atoms in total. The van der Waals surface area contributed by atoms with Gasteiger partial charge in [-0.3, -0.25) is 23.7 Å². The molecular weight excluding hydrogens is 1170 g/mol. The topological polar surface area (TPSA) is 315 Å². The smallest absolute Gasteiger partial charge is 0.408 e. The number of halogens is 1. The Bertz CT molecular complexity index is 3310. The number of carboxylic acid groups (broad SMARTS) is 2. The molecule has 6 amide bonds. The van der Waals surface area contributed by atoms with Gasteiger partial charge in [0.25, 0.3) is 6.01 Å². The van der Waals surface area contributed by atoms with Crippen LogP contribution in [-0.2, 0) is 51.3 Å². The van der Waals surface area contributed by atoms with E-state index in [0.29, 0.717) is 43.5 Å². The van der Waals surface area contributed by atoms with Crippen molar-refractivity contribution in [1.29, 1.82) is 0 Å². The molecule has 89 heavy (non-hydrogen) atoms. The zero-order valence-electron chi connectivity index (χ0n) is 52.2. The third kappa shape index (κ3) is 16.6. The number of aliphatic hydroxyl groups excluding tert-OH is 1. The number of imidazole rings is 2. The largest absolute Gasteiger partial charge is 0.479 e. The predicted octanol–water partition coefficient (Wildman–Crippen LogP) is 7.81. The van der Waals surface area contributed by atoms with Gasteiger partial charge in [0.15, 0.2) is 0 Å². The first-order chi connectivity index (χ1) is 42.2. The van der Waals surface area contributed by atoms with E-state index in [1.165, 1.54) is 9.80 Å². The number of nitrogens with one attached hydrogen (secondary N) is 4. The number of ether oxygens (including phenoxy) is 3. The number of carbonyl (C=O) groups is 8. The van der Waals surface area contributed by atoms with Crippen molar-refractivity contribution in [3.8, 4) is 6.01 Å². The molecule has 0 unspecified atom stereocenters. The van der Waals surface area contributed by atoms with Gasteiger partial charge >= 0.3 is 24.1 Å². The number of para-hydroxylation sites is 4. The van der Waals surface area contributed by atoms with Gasteiger partial charge in [-0.2, -0.15) is 4.98 Å². The van der Waals surface area contributed by atoms with Crippen LogP contribution in [0.5, 0.6) is 6.01 Å². The molecule has 2 saturated carbocycles. The van der Waals surface area contributed by atoms with Crippen LogP contribution in [-0.4, -0.2) is 164 Å². The molecule has 10 atom stereocenters. The van der Waals surface area contributed by atoms with Crippen LogP contribution in [0.1, 0.15) is 145 Å². The van der Waals surface area contributed by atoms with Crippen LogP contribution in [0.4, 0.5) is 9.59 Å². The second-order valence-corrected chi connectivity index (χ2v) is 26.1. The van der Waals surface area contributed by atoms with E-state index in [2.05, 4.69) is 38.2 Å². The van der Waals surface area contributed by atoms with Crippen LogP contribution >= 0.6 is 11.6 Å². The fourth-order valence-electron chi connectivity index (χ4n) is 12.1. The SMILES string of the molecule is CC(C)(C)OC(=O)N[C@H]1CCCCC/C=C\[C@@H]2C[C@@]2(C(=O)O)NC(=O)[C@@H]2C[C@@H](O)CN2C1=O.CCn1c(Cl)nc2ccccc21.CCn1c(O[C@@H]2C[C@H]3C(=O)N[C@]4(C(=O)O)C[C@H]4/C=C\CCCCC[C@H](NC(=O)OC(C)(C)C)C(=O)N3C2)nc2ccccc21. The van der Waals surface area contributed by atoms with Gasteiger partial charge in [-0.1, -0.05) is 74.3 Å². The lowest BCUT2D eigenvalue weighted by Gasteiger charge is -2.30. The maximum absolute atomic E-state index is 14.1. The van der Waals surface area contributed by atoms with E-state index in [1.54, 1.807) is 41.5 Å². The number of benzene rings is 2. The van der Waals surface area contributed by atoms with Gasteiger partial charge in [0.2, 0.25) is 28.9 Å². The summed E-state index contributed by atoms with van der Waals surface area (Å²) in [7, 11) is 0. The number of hydrogen-bond acceptors (Lipinski definition) is 14. The molecule has 2 aromatic heterocycles. The molecule has 484 valence electrons. The predicted molar refractivity (Wildman–Crippen MR) is 330 cm³/mol. The number of aryl methyl sites for hydroxylation is 2. The molecule has 7 N–H and O–H groups in total. The molecule has 4 aliphatic heterocycles. The fourth-order valence-corrected chi connectivity index (χ4v) is 12.4. The number of nitrogens with zero attached hydrogens (tertiary/aromatic N) is 6. The summed E-state index contributed by atoms with van der Waals surface area (Å²) in [5, 5.41) is 41.4. The molecule has 2 aromatic carbocycles. The Labute approximate surface area is 523 Å². The van der Waals surface area contributed by atoms with Crippen LogP contribution in [0.3, 0.4) is 0 Å². The third-order valence-corrected chi connectivity index (χ3v) is 17.1. The number of aromatic nitrogens is 4. The van der Waals surface area contributed by atoms with Crippen molar-refractivity contribution < 1.29 is 67.9 Å². The highest BCUT2D eigenvalue weighted by Gasteiger charge is 2.63. The number of amides is 6. The standard InChI is InChI=1S/C32H43N5O7.C23H35N3O7.C9H9ClN2/c1-5-36-24-16-12-11-14-22(24)33-29(36)43-21-17-25-26(38)35-32(28(40)41)18-20(32)13-9-7-6-8-10-15-23(27(39)37(25)19-21)34-30(42)44-31(2,3)4;1-22(2,3)33-21(32)24-16-10-8-6-4-5-7-9-14-12-23(14,20(30)31)25-18(28)17-11-15(27)13-26(17)19(16)29;1-2-12-8-6-4-3-5-7(8)11-9(12)10/h9,11-14,16,20-21,23,25H,5-8,10,15,17-19H2,1-4H3,(H,34,42)(H,35,38)(H,40,41);7,9,14-17,27H,4-6,8,10-13H2,1-3H3,(H,24,32)(H,25,28)(H,30,31);3-6H,2H2,1H3/b13-9-;9-7-;/t20-,21-,23+,25+,32-;14-,15-,16+,17+,23-;/m11./s1. The normalized spacial score (nSPS) is 28.2. The summed E-state index contributed by atoms with van der Waals surface area (Å²) in [6, 6.07) is 12.1. The summed E-state index contributed by atoms with van der Waals surface area (Å²) in [6.45, 7) is 15.9. The summed E-state index contributed by atoms with van der Waals surface area (Å²) in [4.78, 5) is 115. The highest BCUT2D eigenvalue weighted by Crippen LogP contribution is 2.47. The Morgan fingerprint density at radius 1 is 0.640 bits per heavy atom. The van der Waals surface area contributed by atoms with Crippen molar-refractivity contribution in [3.05, 3.63) is 78.1 Å². The minimum absolute atomic E-state index is 0.00688. The van der Waals surface area contributed by atoms with Crippen LogP contribution in [0.2, 0.25) is 5.28 Å². The highest BCUT2D eigenvalue weighted by atomic mass is 35.5. The Hall–Kier alpha value is -7.73. The van der Waals surface area contributed by atoms with Crippen molar-refractivity contribution >= 4 is 81.4 Å². The van der Waals surface area contributed by atoms with E-state index in [1.807, 2.05) is 88.9 Å². The molecule has 2 aliphatic carbocycles. The minimum Gasteiger partial charge on any atom is -0.479 e. The number of aliphatic hydroxyl groups is 1. The first-order valence-corrected chi connectivity index (χ1v) is 31.5. The number of alkyl carbamates (subject to hydrolysis) is 2. The van der Waals surface area contributed by atoms with E-state index in [-0.39, 0.29) is 50.6 Å². The van der Waals surface area contributed by atoms with E-state index in [4.69, 9.17) is 25.8 Å². The van der Waals surface area contributed by atoms with Crippen molar-refractivity contribution in [3.63, 3.8) is 0 Å². The van der Waals surface area contributed by atoms with Crippen molar-refractivity contribution in [2.75, 3.05) is 13.1 Å². The molecule has 0 spiro atoms. The molecule has 6 aliphatic rings. The number of aliphatic carboxylic acids is 2. The molecule has 2 saturated heterocycles. The van der Waals surface area contributed by atoms with Gasteiger partial charge in [-0.15, -0.1) is 0 Å². The highest BCUT2D eigenvalue weighted by molar-refractivity contribution is 6.29. The second kappa shape index (κ2) is 28.4. The second-order valence-electron chi connectivity index (χ2n) is 25.8. The average molecular weight is 1260 g/mol. The maximum Gasteiger partial charge on any atom is 0.408 e. The molecule has 6 heterocycles. The van der Waals surface area contributed by atoms with Gasteiger partial charge in [-0.05, 0) is 143 Å². The van der Waals surface area contributed by atoms with Gasteiger partial charge in [0.1, 0.15) is 52.6 Å². The summed E-state index contributed by atoms with van der Waals surface area (Å²) in [5.74, 6) is -4.93. The molecule has 10 rings (SSSR count). The summed E-state index contributed by atoms with van der Waals surface area (Å²) < 4.78 is 21.0. The average Bonchev–Trinajstić information content (AvgIpc) is 1.61. The lowest BCUT2D eigenvalue weighted by molar-refractivity contribution is -0.146. The van der Waals surface area contributed by atoms with Gasteiger partial charge < -0.3 is 65.2 Å². The van der Waals surface area contributed by atoms with Crippen LogP contribution in [0.25, 0.3) is 22.1 Å². The molecule has 25 heteroatoms. The number of rotatable bonds is 8. The van der Waals surface area contributed by atoms with E-state index in [0.717, 1.165) is 67.1 Å².